The minimum absolute atomic E-state index is 0.250. The van der Waals surface area contributed by atoms with Gasteiger partial charge in [-0.2, -0.15) is 0 Å². The number of nitrogens with two attached hydrogens (primary N) is 2. The predicted octanol–water partition coefficient (Wildman–Crippen LogP) is 0.399. The average molecular weight is 198 g/mol. The Kier molecular flexibility index (Phi) is 2.34. The normalized spacial score (nSPS) is 35.5. The molecule has 4 heteroatoms. The molecule has 0 heterocycles. The molecule has 0 aromatic carbocycles. The van der Waals surface area contributed by atoms with Gasteiger partial charge in [0.15, 0.2) is 0 Å². The Morgan fingerprint density at radius 3 is 1.93 bits per heavy atom. The number of amides is 2. The maximum atomic E-state index is 11.4. The molecular weight excluding hydrogens is 180 g/mol. The van der Waals surface area contributed by atoms with Gasteiger partial charge in [-0.1, -0.05) is 20.8 Å². The van der Waals surface area contributed by atoms with Crippen LogP contribution in [0.1, 0.15) is 33.6 Å². The van der Waals surface area contributed by atoms with Crippen molar-refractivity contribution >= 4 is 11.8 Å². The van der Waals surface area contributed by atoms with E-state index in [2.05, 4.69) is 0 Å². The van der Waals surface area contributed by atoms with Crippen molar-refractivity contribution in [2.24, 2.45) is 28.2 Å². The minimum Gasteiger partial charge on any atom is -0.369 e. The quantitative estimate of drug-likeness (QED) is 0.672. The van der Waals surface area contributed by atoms with E-state index in [1.54, 1.807) is 0 Å². The fraction of sp³-hybridized carbons (Fsp3) is 0.800. The fourth-order valence-corrected chi connectivity index (χ4v) is 2.44. The van der Waals surface area contributed by atoms with Crippen LogP contribution in [0.4, 0.5) is 0 Å². The molecule has 4 nitrogen and oxygen atoms in total. The van der Waals surface area contributed by atoms with Crippen LogP contribution in [0.3, 0.4) is 0 Å². The number of hydrogen-bond acceptors (Lipinski definition) is 2. The van der Waals surface area contributed by atoms with Gasteiger partial charge in [-0.15, -0.1) is 0 Å². The molecule has 1 aliphatic carbocycles. The van der Waals surface area contributed by atoms with E-state index in [4.69, 9.17) is 11.5 Å². The van der Waals surface area contributed by atoms with E-state index in [1.807, 2.05) is 20.8 Å². The monoisotopic (exact) mass is 198 g/mol. The summed E-state index contributed by atoms with van der Waals surface area (Å²) in [5.41, 5.74) is 9.62. The molecule has 1 rings (SSSR count). The summed E-state index contributed by atoms with van der Waals surface area (Å²) in [6, 6.07) is 0. The van der Waals surface area contributed by atoms with Gasteiger partial charge in [0.05, 0.1) is 5.41 Å². The number of carbonyl (C=O) groups is 2. The van der Waals surface area contributed by atoms with Crippen LogP contribution in [-0.4, -0.2) is 11.8 Å². The first kappa shape index (κ1) is 11.0. The van der Waals surface area contributed by atoms with Crippen molar-refractivity contribution in [1.29, 1.82) is 0 Å². The van der Waals surface area contributed by atoms with Crippen molar-refractivity contribution in [2.75, 3.05) is 0 Å². The van der Waals surface area contributed by atoms with Gasteiger partial charge in [-0.3, -0.25) is 9.59 Å². The average Bonchev–Trinajstić information content (AvgIpc) is 2.24. The first-order valence-corrected chi connectivity index (χ1v) is 4.82. The molecule has 14 heavy (non-hydrogen) atoms. The Balaban J connectivity index is 3.08. The van der Waals surface area contributed by atoms with Gasteiger partial charge in [0, 0.05) is 5.92 Å². The number of hydrogen-bond donors (Lipinski definition) is 2. The molecule has 4 N–H and O–H groups in total. The highest BCUT2D eigenvalue weighted by molar-refractivity contribution is 5.85. The van der Waals surface area contributed by atoms with E-state index in [9.17, 15) is 9.59 Å². The summed E-state index contributed by atoms with van der Waals surface area (Å²) in [7, 11) is 0. The van der Waals surface area contributed by atoms with Gasteiger partial charge in [0.25, 0.3) is 0 Å². The van der Waals surface area contributed by atoms with Crippen molar-refractivity contribution in [3.63, 3.8) is 0 Å². The van der Waals surface area contributed by atoms with Crippen molar-refractivity contribution in [3.8, 4) is 0 Å². The molecule has 0 aromatic heterocycles. The summed E-state index contributed by atoms with van der Waals surface area (Å²) in [5.74, 6) is -0.925. The first-order valence-electron chi connectivity index (χ1n) is 4.82. The summed E-state index contributed by atoms with van der Waals surface area (Å²) in [5, 5.41) is 0. The zero-order valence-electron chi connectivity index (χ0n) is 8.96. The van der Waals surface area contributed by atoms with Gasteiger partial charge in [0.2, 0.25) is 11.8 Å². The summed E-state index contributed by atoms with van der Waals surface area (Å²) >= 11 is 0. The molecule has 0 aromatic rings. The second-order valence-corrected chi connectivity index (χ2v) is 4.91. The number of carbonyl (C=O) groups excluding carboxylic acids is 2. The minimum atomic E-state index is -0.618. The van der Waals surface area contributed by atoms with Crippen molar-refractivity contribution in [3.05, 3.63) is 0 Å². The lowest BCUT2D eigenvalue weighted by molar-refractivity contribution is -0.135. The molecule has 1 aliphatic rings. The summed E-state index contributed by atoms with van der Waals surface area (Å²) in [6.07, 6.45) is 1.30. The third-order valence-electron chi connectivity index (χ3n) is 4.11. The van der Waals surface area contributed by atoms with Gasteiger partial charge < -0.3 is 11.5 Å². The molecule has 1 fully saturated rings. The highest BCUT2D eigenvalue weighted by Gasteiger charge is 2.56. The first-order chi connectivity index (χ1) is 6.23. The molecule has 0 aliphatic heterocycles. The molecule has 0 radical (unpaired) electrons. The Labute approximate surface area is 84.0 Å². The summed E-state index contributed by atoms with van der Waals surface area (Å²) < 4.78 is 0. The van der Waals surface area contributed by atoms with E-state index in [0.29, 0.717) is 12.8 Å². The predicted molar refractivity (Wildman–Crippen MR) is 53.0 cm³/mol. The lowest BCUT2D eigenvalue weighted by atomic mass is 9.65. The molecule has 2 atom stereocenters. The molecule has 2 amide bonds. The van der Waals surface area contributed by atoms with Crippen molar-refractivity contribution < 1.29 is 9.59 Å². The molecule has 1 saturated carbocycles. The van der Waals surface area contributed by atoms with Crippen LogP contribution < -0.4 is 11.5 Å². The lowest BCUT2D eigenvalue weighted by Crippen LogP contribution is -2.47. The highest BCUT2D eigenvalue weighted by Crippen LogP contribution is 2.55. The maximum absolute atomic E-state index is 11.4. The molecule has 0 bridgehead atoms. The third kappa shape index (κ3) is 1.21. The van der Waals surface area contributed by atoms with Crippen molar-refractivity contribution in [2.45, 2.75) is 33.6 Å². The number of rotatable bonds is 2. The van der Waals surface area contributed by atoms with Crippen LogP contribution in [0.2, 0.25) is 0 Å². The van der Waals surface area contributed by atoms with Gasteiger partial charge in [0.1, 0.15) is 0 Å². The topological polar surface area (TPSA) is 86.2 Å². The maximum Gasteiger partial charge on any atom is 0.223 e. The molecule has 0 spiro atoms. The Morgan fingerprint density at radius 1 is 1.21 bits per heavy atom. The van der Waals surface area contributed by atoms with Crippen LogP contribution in [-0.2, 0) is 9.59 Å². The standard InChI is InChI=1S/C10H18N2O2/c1-9(2)6(7(11)13)4-5-10(9,3)8(12)14/h6H,4-5H2,1-3H3,(H2,11,13)(H2,12,14). The van der Waals surface area contributed by atoms with E-state index in [-0.39, 0.29) is 17.7 Å². The zero-order valence-corrected chi connectivity index (χ0v) is 8.96. The second-order valence-electron chi connectivity index (χ2n) is 4.91. The molecule has 2 unspecified atom stereocenters. The molecule has 0 saturated heterocycles. The van der Waals surface area contributed by atoms with Gasteiger partial charge in [-0.25, -0.2) is 0 Å². The summed E-state index contributed by atoms with van der Waals surface area (Å²) in [6.45, 7) is 5.60. The smallest absolute Gasteiger partial charge is 0.223 e. The molecular formula is C10H18N2O2. The van der Waals surface area contributed by atoms with Crippen LogP contribution in [0.25, 0.3) is 0 Å². The van der Waals surface area contributed by atoms with E-state index >= 15 is 0 Å². The Hall–Kier alpha value is -1.06. The van der Waals surface area contributed by atoms with Gasteiger partial charge >= 0.3 is 0 Å². The van der Waals surface area contributed by atoms with E-state index in [1.165, 1.54) is 0 Å². The van der Waals surface area contributed by atoms with Crippen molar-refractivity contribution in [1.82, 2.24) is 0 Å². The Bertz CT molecular complexity index is 286. The van der Waals surface area contributed by atoms with Crippen LogP contribution in [0.5, 0.6) is 0 Å². The highest BCUT2D eigenvalue weighted by atomic mass is 16.2. The zero-order chi connectivity index (χ0) is 11.1. The third-order valence-corrected chi connectivity index (χ3v) is 4.11. The van der Waals surface area contributed by atoms with Crippen LogP contribution in [0.15, 0.2) is 0 Å². The number of primary amides is 2. The van der Waals surface area contributed by atoms with Crippen LogP contribution >= 0.6 is 0 Å². The van der Waals surface area contributed by atoms with Crippen LogP contribution in [0, 0.1) is 16.7 Å². The lowest BCUT2D eigenvalue weighted by Gasteiger charge is -2.38. The van der Waals surface area contributed by atoms with E-state index in [0.717, 1.165) is 0 Å². The fourth-order valence-electron chi connectivity index (χ4n) is 2.44. The summed E-state index contributed by atoms with van der Waals surface area (Å²) in [4.78, 5) is 22.6. The second kappa shape index (κ2) is 2.97. The SMILES string of the molecule is CC1(C(N)=O)CCC(C(N)=O)C1(C)C. The largest absolute Gasteiger partial charge is 0.369 e. The Morgan fingerprint density at radius 2 is 1.71 bits per heavy atom. The van der Waals surface area contributed by atoms with E-state index < -0.39 is 10.8 Å². The molecule has 80 valence electrons. The van der Waals surface area contributed by atoms with Gasteiger partial charge in [-0.05, 0) is 18.3 Å².